The lowest BCUT2D eigenvalue weighted by molar-refractivity contribution is -0.137. The van der Waals surface area contributed by atoms with Crippen molar-refractivity contribution in [2.45, 2.75) is 148 Å². The molecule has 206 valence electrons. The number of aliphatic carboxylic acids is 1. The molecule has 0 spiro atoms. The maximum absolute atomic E-state index is 10.5. The number of unbranched alkanes of at least 4 members (excludes halogenated alkanes) is 15. The summed E-state index contributed by atoms with van der Waals surface area (Å²) < 4.78 is 0. The number of hydrogen-bond donors (Lipinski definition) is 1. The quantitative estimate of drug-likeness (QED) is 0.0903. The lowest BCUT2D eigenvalue weighted by Gasteiger charge is -2.02. The molecular weight excluding hydrogens is 440 g/mol. The molecule has 2 heteroatoms. The Hall–Kier alpha value is -1.83. The molecule has 0 aliphatic heterocycles. The van der Waals surface area contributed by atoms with E-state index < -0.39 is 5.97 Å². The molecule has 0 aromatic carbocycles. The van der Waals surface area contributed by atoms with Crippen molar-refractivity contribution in [2.75, 3.05) is 0 Å². The van der Waals surface area contributed by atoms with Gasteiger partial charge in [-0.1, -0.05) is 145 Å². The van der Waals surface area contributed by atoms with Crippen LogP contribution in [0.25, 0.3) is 0 Å². The molecule has 0 amide bonds. The van der Waals surface area contributed by atoms with Crippen molar-refractivity contribution >= 4 is 5.97 Å². The highest BCUT2D eigenvalue weighted by atomic mass is 16.4. The van der Waals surface area contributed by atoms with Crippen LogP contribution in [0.3, 0.4) is 0 Å². The smallest absolute Gasteiger partial charge is 0.303 e. The third-order valence-corrected chi connectivity index (χ3v) is 6.41. The first-order valence-electron chi connectivity index (χ1n) is 15.2. The minimum Gasteiger partial charge on any atom is -0.481 e. The topological polar surface area (TPSA) is 37.3 Å². The number of carboxylic acid groups (broad SMARTS) is 1. The molecule has 0 fully saturated rings. The van der Waals surface area contributed by atoms with Crippen molar-refractivity contribution in [3.05, 3.63) is 60.8 Å². The summed E-state index contributed by atoms with van der Waals surface area (Å²) in [4.78, 5) is 10.5. The van der Waals surface area contributed by atoms with Crippen LogP contribution in [0.2, 0.25) is 0 Å². The van der Waals surface area contributed by atoms with E-state index in [1.807, 2.05) is 0 Å². The van der Waals surface area contributed by atoms with E-state index in [-0.39, 0.29) is 0 Å². The van der Waals surface area contributed by atoms with E-state index in [0.717, 1.165) is 38.5 Å². The standard InChI is InChI=1S/C34H58O2/c1-2-3-4-5-6-7-8-9-10-11-12-13-14-15-16-17-18-19-20-21-22-23-24-25-26-27-28-29-30-31-32-33-34(35)36/h6-7,9-10,12-13,15-16,18-19H,2-5,8,11,14,17,20-33H2,1H3,(H,35,36)/b7-6-,10-9-,13-12-,16-15-,19-18-. The van der Waals surface area contributed by atoms with Crippen LogP contribution in [0.1, 0.15) is 148 Å². The number of allylic oxidation sites excluding steroid dienone is 10. The van der Waals surface area contributed by atoms with E-state index in [2.05, 4.69) is 67.7 Å². The second kappa shape index (κ2) is 31.2. The SMILES string of the molecule is CCCCC/C=C\C/C=C\C/C=C\C/C=C\C/C=C\CCCCCCCCCCCCCCC(=O)O. The largest absolute Gasteiger partial charge is 0.481 e. The van der Waals surface area contributed by atoms with Crippen LogP contribution in [0.4, 0.5) is 0 Å². The maximum Gasteiger partial charge on any atom is 0.303 e. The molecule has 0 aromatic heterocycles. The zero-order valence-corrected chi connectivity index (χ0v) is 23.7. The second-order valence-electron chi connectivity index (χ2n) is 9.97. The maximum atomic E-state index is 10.5. The number of hydrogen-bond acceptors (Lipinski definition) is 1. The van der Waals surface area contributed by atoms with Gasteiger partial charge in [0.1, 0.15) is 0 Å². The van der Waals surface area contributed by atoms with Gasteiger partial charge in [0.05, 0.1) is 0 Å². The first kappa shape index (κ1) is 34.2. The van der Waals surface area contributed by atoms with Gasteiger partial charge in [-0.05, 0) is 57.8 Å². The van der Waals surface area contributed by atoms with E-state index >= 15 is 0 Å². The van der Waals surface area contributed by atoms with E-state index in [1.54, 1.807) is 0 Å². The summed E-state index contributed by atoms with van der Waals surface area (Å²) in [6.07, 6.45) is 49.0. The third-order valence-electron chi connectivity index (χ3n) is 6.41. The highest BCUT2D eigenvalue weighted by Crippen LogP contribution is 2.13. The average molecular weight is 499 g/mol. The Kier molecular flexibility index (Phi) is 29.6. The Morgan fingerprint density at radius 1 is 0.444 bits per heavy atom. The molecule has 0 bridgehead atoms. The van der Waals surface area contributed by atoms with Gasteiger partial charge in [0, 0.05) is 6.42 Å². The molecule has 0 aromatic rings. The Morgan fingerprint density at radius 2 is 0.750 bits per heavy atom. The minimum atomic E-state index is -0.659. The predicted octanol–water partition coefficient (Wildman–Crippen LogP) is 11.5. The van der Waals surface area contributed by atoms with Crippen LogP contribution in [0.5, 0.6) is 0 Å². The monoisotopic (exact) mass is 498 g/mol. The van der Waals surface area contributed by atoms with Crippen molar-refractivity contribution in [3.63, 3.8) is 0 Å². The highest BCUT2D eigenvalue weighted by molar-refractivity contribution is 5.66. The van der Waals surface area contributed by atoms with E-state index in [1.165, 1.54) is 96.3 Å². The van der Waals surface area contributed by atoms with Crippen LogP contribution in [0, 0.1) is 0 Å². The predicted molar refractivity (Wildman–Crippen MR) is 161 cm³/mol. The molecule has 2 nitrogen and oxygen atoms in total. The first-order chi connectivity index (χ1) is 17.8. The van der Waals surface area contributed by atoms with Gasteiger partial charge >= 0.3 is 5.97 Å². The molecule has 0 aliphatic carbocycles. The van der Waals surface area contributed by atoms with Crippen LogP contribution in [0.15, 0.2) is 60.8 Å². The van der Waals surface area contributed by atoms with Crippen LogP contribution >= 0.6 is 0 Å². The van der Waals surface area contributed by atoms with Crippen LogP contribution < -0.4 is 0 Å². The fourth-order valence-corrected chi connectivity index (χ4v) is 4.14. The van der Waals surface area contributed by atoms with E-state index in [4.69, 9.17) is 5.11 Å². The molecule has 0 saturated heterocycles. The van der Waals surface area contributed by atoms with Gasteiger partial charge in [-0.25, -0.2) is 0 Å². The molecule has 36 heavy (non-hydrogen) atoms. The summed E-state index contributed by atoms with van der Waals surface area (Å²) in [6.45, 7) is 2.25. The van der Waals surface area contributed by atoms with Crippen LogP contribution in [-0.2, 0) is 4.79 Å². The Bertz CT molecular complexity index is 594. The molecule has 0 radical (unpaired) electrons. The summed E-state index contributed by atoms with van der Waals surface area (Å²) in [5, 5.41) is 8.61. The van der Waals surface area contributed by atoms with E-state index in [9.17, 15) is 4.79 Å². The van der Waals surface area contributed by atoms with Gasteiger partial charge in [0.15, 0.2) is 0 Å². The van der Waals surface area contributed by atoms with Gasteiger partial charge in [0.2, 0.25) is 0 Å². The van der Waals surface area contributed by atoms with Gasteiger partial charge in [-0.3, -0.25) is 4.79 Å². The molecule has 0 unspecified atom stereocenters. The zero-order valence-electron chi connectivity index (χ0n) is 23.7. The molecule has 0 saturated carbocycles. The lowest BCUT2D eigenvalue weighted by atomic mass is 10.0. The van der Waals surface area contributed by atoms with Gasteiger partial charge in [0.25, 0.3) is 0 Å². The Labute approximate surface area is 224 Å². The highest BCUT2D eigenvalue weighted by Gasteiger charge is 1.97. The fraction of sp³-hybridized carbons (Fsp3) is 0.676. The van der Waals surface area contributed by atoms with Crippen molar-refractivity contribution in [2.24, 2.45) is 0 Å². The molecule has 0 aliphatic rings. The zero-order chi connectivity index (χ0) is 26.2. The van der Waals surface area contributed by atoms with Crippen molar-refractivity contribution < 1.29 is 9.90 Å². The number of rotatable bonds is 27. The Balaban J connectivity index is 3.31. The fourth-order valence-electron chi connectivity index (χ4n) is 4.14. The Morgan fingerprint density at radius 3 is 1.11 bits per heavy atom. The molecular formula is C34H58O2. The van der Waals surface area contributed by atoms with Crippen molar-refractivity contribution in [3.8, 4) is 0 Å². The summed E-state index contributed by atoms with van der Waals surface area (Å²) in [6, 6.07) is 0. The van der Waals surface area contributed by atoms with Gasteiger partial charge in [-0.15, -0.1) is 0 Å². The van der Waals surface area contributed by atoms with Crippen molar-refractivity contribution in [1.82, 2.24) is 0 Å². The third kappa shape index (κ3) is 32.2. The van der Waals surface area contributed by atoms with Gasteiger partial charge in [-0.2, -0.15) is 0 Å². The molecule has 0 atom stereocenters. The summed E-state index contributed by atoms with van der Waals surface area (Å²) >= 11 is 0. The van der Waals surface area contributed by atoms with Crippen molar-refractivity contribution in [1.29, 1.82) is 0 Å². The molecule has 0 heterocycles. The van der Waals surface area contributed by atoms with E-state index in [0.29, 0.717) is 6.42 Å². The second-order valence-corrected chi connectivity index (χ2v) is 9.97. The average Bonchev–Trinajstić information content (AvgIpc) is 2.87. The van der Waals surface area contributed by atoms with Gasteiger partial charge < -0.3 is 5.11 Å². The summed E-state index contributed by atoms with van der Waals surface area (Å²) in [5.41, 5.74) is 0. The molecule has 1 N–H and O–H groups in total. The number of carbonyl (C=O) groups is 1. The normalized spacial score (nSPS) is 12.5. The first-order valence-corrected chi connectivity index (χ1v) is 15.2. The summed E-state index contributed by atoms with van der Waals surface area (Å²) in [5.74, 6) is -0.659. The minimum absolute atomic E-state index is 0.335. The number of carboxylic acids is 1. The van der Waals surface area contributed by atoms with Crippen LogP contribution in [-0.4, -0.2) is 11.1 Å². The molecule has 0 rings (SSSR count). The summed E-state index contributed by atoms with van der Waals surface area (Å²) in [7, 11) is 0. The lowest BCUT2D eigenvalue weighted by Crippen LogP contribution is -1.93.